The predicted octanol–water partition coefficient (Wildman–Crippen LogP) is 0.643. The van der Waals surface area contributed by atoms with E-state index in [9.17, 15) is 14.3 Å². The highest BCUT2D eigenvalue weighted by atomic mass is 19.1. The minimum Gasteiger partial charge on any atom is -0.388 e. The van der Waals surface area contributed by atoms with E-state index in [4.69, 9.17) is 4.74 Å². The molecule has 2 aromatic heterocycles. The van der Waals surface area contributed by atoms with Gasteiger partial charge in [0.1, 0.15) is 6.10 Å². The topological polar surface area (TPSA) is 92.5 Å². The van der Waals surface area contributed by atoms with Crippen LogP contribution < -0.4 is 5.32 Å². The molecule has 1 aliphatic rings. The van der Waals surface area contributed by atoms with Gasteiger partial charge in [-0.2, -0.15) is 5.10 Å². The van der Waals surface area contributed by atoms with Gasteiger partial charge in [-0.15, -0.1) is 0 Å². The fourth-order valence-electron chi connectivity index (χ4n) is 3.46. The summed E-state index contributed by atoms with van der Waals surface area (Å²) in [6, 6.07) is 0.810. The van der Waals surface area contributed by atoms with Crippen LogP contribution in [0.1, 0.15) is 28.0 Å². The van der Waals surface area contributed by atoms with Gasteiger partial charge in [0.25, 0.3) is 5.91 Å². The fraction of sp³-hybridized carbons (Fsp3) is 0.526. The summed E-state index contributed by atoms with van der Waals surface area (Å²) in [5, 5.41) is 17.7. The van der Waals surface area contributed by atoms with Gasteiger partial charge in [0.2, 0.25) is 0 Å². The third-order valence-electron chi connectivity index (χ3n) is 4.93. The number of aryl methyl sites for hydroxylation is 2. The molecule has 0 spiro atoms. The van der Waals surface area contributed by atoms with Crippen LogP contribution in [-0.4, -0.2) is 69.1 Å². The molecule has 0 saturated carbocycles. The molecule has 3 rings (SSSR count). The highest BCUT2D eigenvalue weighted by Gasteiger charge is 2.34. The first-order valence-corrected chi connectivity index (χ1v) is 9.23. The Morgan fingerprint density at radius 1 is 1.54 bits per heavy atom. The van der Waals surface area contributed by atoms with Crippen molar-refractivity contribution >= 4 is 5.91 Å². The third kappa shape index (κ3) is 4.73. The molecule has 152 valence electrons. The number of halogens is 1. The summed E-state index contributed by atoms with van der Waals surface area (Å²) in [4.78, 5) is 18.0. The number of nitrogens with zero attached hydrogens (tertiary/aromatic N) is 4. The first kappa shape index (κ1) is 20.4. The van der Waals surface area contributed by atoms with E-state index < -0.39 is 30.0 Å². The highest BCUT2D eigenvalue weighted by molar-refractivity contribution is 5.94. The first-order chi connectivity index (χ1) is 13.3. The smallest absolute Gasteiger partial charge is 0.254 e. The summed E-state index contributed by atoms with van der Waals surface area (Å²) in [7, 11) is 3.82. The minimum atomic E-state index is -0.889. The zero-order valence-corrected chi connectivity index (χ0v) is 16.3. The van der Waals surface area contributed by atoms with Crippen molar-refractivity contribution in [2.75, 3.05) is 20.2 Å². The van der Waals surface area contributed by atoms with Crippen LogP contribution in [-0.2, 0) is 18.3 Å². The van der Waals surface area contributed by atoms with Crippen LogP contribution in [0.25, 0.3) is 0 Å². The molecule has 0 aromatic carbocycles. The average molecular weight is 391 g/mol. The van der Waals surface area contributed by atoms with Gasteiger partial charge in [-0.3, -0.25) is 19.4 Å². The number of pyridine rings is 1. The molecule has 3 heterocycles. The maximum absolute atomic E-state index is 13.8. The van der Waals surface area contributed by atoms with Crippen LogP contribution in [0.2, 0.25) is 0 Å². The fourth-order valence-corrected chi connectivity index (χ4v) is 3.46. The Morgan fingerprint density at radius 3 is 3.00 bits per heavy atom. The average Bonchev–Trinajstić information content (AvgIpc) is 2.95. The molecule has 9 heteroatoms. The maximum Gasteiger partial charge on any atom is 0.254 e. The molecule has 1 saturated heterocycles. The SMILES string of the molecule is Cc1nn(C)cc1CN(C)C[C@H]1OCC[C@H](NC(=O)c2ccncc2F)[C@@H]1O. The summed E-state index contributed by atoms with van der Waals surface area (Å²) in [5.74, 6) is -1.26. The van der Waals surface area contributed by atoms with Gasteiger partial charge in [0.05, 0.1) is 29.6 Å². The Morgan fingerprint density at radius 2 is 2.32 bits per heavy atom. The van der Waals surface area contributed by atoms with Gasteiger partial charge in [-0.1, -0.05) is 0 Å². The Kier molecular flexibility index (Phi) is 6.38. The first-order valence-electron chi connectivity index (χ1n) is 9.23. The molecule has 0 bridgehead atoms. The van der Waals surface area contributed by atoms with Crippen molar-refractivity contribution in [1.29, 1.82) is 0 Å². The molecule has 2 aromatic rings. The predicted molar refractivity (Wildman–Crippen MR) is 100 cm³/mol. The number of likely N-dealkylation sites (N-methyl/N-ethyl adjacent to an activating group) is 1. The van der Waals surface area contributed by atoms with Crippen LogP contribution in [0.3, 0.4) is 0 Å². The number of amides is 1. The number of carbonyl (C=O) groups is 1. The van der Waals surface area contributed by atoms with E-state index in [1.807, 2.05) is 32.1 Å². The van der Waals surface area contributed by atoms with Crippen molar-refractivity contribution in [3.05, 3.63) is 47.3 Å². The van der Waals surface area contributed by atoms with E-state index >= 15 is 0 Å². The number of hydrogen-bond acceptors (Lipinski definition) is 6. The summed E-state index contributed by atoms with van der Waals surface area (Å²) >= 11 is 0. The van der Waals surface area contributed by atoms with E-state index in [-0.39, 0.29) is 5.56 Å². The molecule has 0 unspecified atom stereocenters. The minimum absolute atomic E-state index is 0.0885. The quantitative estimate of drug-likeness (QED) is 0.751. The van der Waals surface area contributed by atoms with E-state index in [2.05, 4.69) is 15.4 Å². The van der Waals surface area contributed by atoms with Gasteiger partial charge >= 0.3 is 0 Å². The van der Waals surface area contributed by atoms with Crippen LogP contribution in [0.15, 0.2) is 24.7 Å². The van der Waals surface area contributed by atoms with E-state index in [1.165, 1.54) is 12.3 Å². The van der Waals surface area contributed by atoms with Gasteiger partial charge in [-0.25, -0.2) is 4.39 Å². The number of rotatable bonds is 6. The summed E-state index contributed by atoms with van der Waals surface area (Å²) in [6.45, 7) is 3.53. The molecule has 2 N–H and O–H groups in total. The van der Waals surface area contributed by atoms with E-state index in [0.717, 1.165) is 17.5 Å². The molecule has 0 radical (unpaired) electrons. The third-order valence-corrected chi connectivity index (χ3v) is 4.93. The van der Waals surface area contributed by atoms with Crippen molar-refractivity contribution in [1.82, 2.24) is 25.0 Å². The van der Waals surface area contributed by atoms with Crippen LogP contribution in [0.4, 0.5) is 4.39 Å². The number of nitrogens with one attached hydrogen (secondary N) is 1. The van der Waals surface area contributed by atoms with Crippen molar-refractivity contribution < 1.29 is 19.0 Å². The Balaban J connectivity index is 1.59. The molecule has 8 nitrogen and oxygen atoms in total. The summed E-state index contributed by atoms with van der Waals surface area (Å²) < 4.78 is 21.3. The Bertz CT molecular complexity index is 828. The normalized spacial score (nSPS) is 22.4. The number of carbonyl (C=O) groups excluding carboxylic acids is 1. The summed E-state index contributed by atoms with van der Waals surface area (Å²) in [5.41, 5.74) is 1.98. The zero-order chi connectivity index (χ0) is 20.3. The second kappa shape index (κ2) is 8.76. The molecule has 1 aliphatic heterocycles. The van der Waals surface area contributed by atoms with E-state index in [0.29, 0.717) is 26.1 Å². The van der Waals surface area contributed by atoms with Gasteiger partial charge in [0, 0.05) is 44.7 Å². The lowest BCUT2D eigenvalue weighted by atomic mass is 9.98. The van der Waals surface area contributed by atoms with Gasteiger partial charge in [-0.05, 0) is 26.5 Å². The molecule has 1 amide bonds. The number of aromatic nitrogens is 3. The van der Waals surface area contributed by atoms with Crippen molar-refractivity contribution in [3.8, 4) is 0 Å². The zero-order valence-electron chi connectivity index (χ0n) is 16.3. The van der Waals surface area contributed by atoms with E-state index in [1.54, 1.807) is 4.68 Å². The lowest BCUT2D eigenvalue weighted by Gasteiger charge is -2.37. The Labute approximate surface area is 163 Å². The van der Waals surface area contributed by atoms with Gasteiger partial charge < -0.3 is 15.2 Å². The Hall–Kier alpha value is -2.36. The maximum atomic E-state index is 13.8. The second-order valence-corrected chi connectivity index (χ2v) is 7.23. The van der Waals surface area contributed by atoms with Crippen LogP contribution >= 0.6 is 0 Å². The lowest BCUT2D eigenvalue weighted by Crippen LogP contribution is -2.55. The van der Waals surface area contributed by atoms with Crippen molar-refractivity contribution in [2.24, 2.45) is 7.05 Å². The van der Waals surface area contributed by atoms with Crippen molar-refractivity contribution in [2.45, 2.75) is 38.1 Å². The van der Waals surface area contributed by atoms with Gasteiger partial charge in [0.15, 0.2) is 5.82 Å². The van der Waals surface area contributed by atoms with Crippen LogP contribution in [0.5, 0.6) is 0 Å². The second-order valence-electron chi connectivity index (χ2n) is 7.23. The monoisotopic (exact) mass is 391 g/mol. The standard InChI is InChI=1S/C19H26FN5O3/c1-12-13(10-25(3)23-12)9-24(2)11-17-18(26)16(5-7-28-17)22-19(27)14-4-6-21-8-15(14)20/h4,6,8,10,16-18,26H,5,7,9,11H2,1-3H3,(H,22,27)/t16-,17+,18-/m0/s1. The molecule has 3 atom stereocenters. The number of hydrogen-bond donors (Lipinski definition) is 2. The number of ether oxygens (including phenoxy) is 1. The number of aliphatic hydroxyl groups is 1. The molecule has 28 heavy (non-hydrogen) atoms. The number of aliphatic hydroxyl groups excluding tert-OH is 1. The summed E-state index contributed by atoms with van der Waals surface area (Å²) in [6.07, 6.45) is 3.44. The largest absolute Gasteiger partial charge is 0.388 e. The molecule has 0 aliphatic carbocycles. The highest BCUT2D eigenvalue weighted by Crippen LogP contribution is 2.18. The van der Waals surface area contributed by atoms with Crippen LogP contribution in [0, 0.1) is 12.7 Å². The molecular formula is C19H26FN5O3. The lowest BCUT2D eigenvalue weighted by molar-refractivity contribution is -0.0981. The molecular weight excluding hydrogens is 365 g/mol. The molecule has 1 fully saturated rings. The van der Waals surface area contributed by atoms with Crippen molar-refractivity contribution in [3.63, 3.8) is 0 Å².